The van der Waals surface area contributed by atoms with E-state index in [0.717, 1.165) is 12.5 Å². The van der Waals surface area contributed by atoms with Crippen LogP contribution in [0, 0.1) is 17.8 Å². The maximum Gasteiger partial charge on any atom is 0.196 e. The molecule has 1 fully saturated rings. The first-order chi connectivity index (χ1) is 14.0. The molecular formula is C24H42F2O3. The first kappa shape index (κ1) is 26.1. The van der Waals surface area contributed by atoms with Gasteiger partial charge in [-0.25, -0.2) is 8.78 Å². The summed E-state index contributed by atoms with van der Waals surface area (Å²) in [5.74, 6) is -0.237. The van der Waals surface area contributed by atoms with Crippen LogP contribution in [0.3, 0.4) is 0 Å². The topological polar surface area (TPSA) is 27.7 Å². The molecule has 0 aromatic rings. The SMILES string of the molecule is CC.CCCC1CCC(COC(C)OCC(C)C2=C(F)C(F)=C(OC)CC2)CC1. The lowest BCUT2D eigenvalue weighted by Crippen LogP contribution is -2.24. The highest BCUT2D eigenvalue weighted by Crippen LogP contribution is 2.36. The van der Waals surface area contributed by atoms with Crippen molar-refractivity contribution in [3.63, 3.8) is 0 Å². The molecule has 0 radical (unpaired) electrons. The van der Waals surface area contributed by atoms with Crippen LogP contribution in [0.5, 0.6) is 0 Å². The Labute approximate surface area is 176 Å². The molecule has 1 saturated carbocycles. The van der Waals surface area contributed by atoms with Gasteiger partial charge in [0.15, 0.2) is 17.9 Å². The maximum absolute atomic E-state index is 14.2. The van der Waals surface area contributed by atoms with Crippen molar-refractivity contribution in [3.05, 3.63) is 23.0 Å². The molecule has 2 aliphatic rings. The van der Waals surface area contributed by atoms with Crippen LogP contribution in [0.2, 0.25) is 0 Å². The highest BCUT2D eigenvalue weighted by molar-refractivity contribution is 5.33. The van der Waals surface area contributed by atoms with Gasteiger partial charge in [-0.05, 0) is 43.6 Å². The molecule has 0 heterocycles. The smallest absolute Gasteiger partial charge is 0.196 e. The lowest BCUT2D eigenvalue weighted by atomic mass is 9.80. The molecule has 2 rings (SSSR count). The number of hydrogen-bond acceptors (Lipinski definition) is 3. The Morgan fingerprint density at radius 1 is 0.931 bits per heavy atom. The Balaban J connectivity index is 0.00000204. The molecule has 2 atom stereocenters. The summed E-state index contributed by atoms with van der Waals surface area (Å²) in [6, 6.07) is 0. The molecule has 0 bridgehead atoms. The van der Waals surface area contributed by atoms with Crippen LogP contribution in [-0.4, -0.2) is 26.6 Å². The minimum absolute atomic E-state index is 0.0923. The average Bonchev–Trinajstić information content (AvgIpc) is 2.75. The third-order valence-electron chi connectivity index (χ3n) is 5.99. The van der Waals surface area contributed by atoms with Gasteiger partial charge in [0.05, 0.1) is 20.3 Å². The monoisotopic (exact) mass is 416 g/mol. The largest absolute Gasteiger partial charge is 0.498 e. The number of allylic oxidation sites excluding steroid dienone is 3. The molecular weight excluding hydrogens is 374 g/mol. The molecule has 0 saturated heterocycles. The van der Waals surface area contributed by atoms with Crippen LogP contribution >= 0.6 is 0 Å². The minimum atomic E-state index is -0.867. The normalized spacial score (nSPS) is 24.7. The van der Waals surface area contributed by atoms with Crippen molar-refractivity contribution in [2.75, 3.05) is 20.3 Å². The van der Waals surface area contributed by atoms with Crippen molar-refractivity contribution in [1.29, 1.82) is 0 Å². The third kappa shape index (κ3) is 8.37. The van der Waals surface area contributed by atoms with Crippen molar-refractivity contribution in [3.8, 4) is 0 Å². The standard InChI is InChI=1S/C22H36F2O3.C2H6/c1-5-6-17-7-9-18(10-8-17)14-27-16(3)26-13-15(2)19-11-12-20(25-4)22(24)21(19)23;1-2/h15-18H,5-14H2,1-4H3;1-2H3. The van der Waals surface area contributed by atoms with Gasteiger partial charge in [-0.1, -0.05) is 53.4 Å². The Morgan fingerprint density at radius 2 is 1.55 bits per heavy atom. The van der Waals surface area contributed by atoms with E-state index < -0.39 is 11.7 Å². The predicted molar refractivity (Wildman–Crippen MR) is 115 cm³/mol. The van der Waals surface area contributed by atoms with Gasteiger partial charge < -0.3 is 14.2 Å². The van der Waals surface area contributed by atoms with Crippen molar-refractivity contribution < 1.29 is 23.0 Å². The van der Waals surface area contributed by atoms with Crippen LogP contribution in [0.15, 0.2) is 23.0 Å². The number of rotatable bonds is 10. The van der Waals surface area contributed by atoms with Gasteiger partial charge in [0.25, 0.3) is 0 Å². The van der Waals surface area contributed by atoms with Gasteiger partial charge in [0.1, 0.15) is 5.76 Å². The molecule has 2 unspecified atom stereocenters. The summed E-state index contributed by atoms with van der Waals surface area (Å²) in [5, 5.41) is 0. The quantitative estimate of drug-likeness (QED) is 0.345. The van der Waals surface area contributed by atoms with E-state index >= 15 is 0 Å². The van der Waals surface area contributed by atoms with E-state index in [1.165, 1.54) is 45.6 Å². The Hall–Kier alpha value is -0.940. The zero-order valence-corrected chi connectivity index (χ0v) is 19.4. The summed E-state index contributed by atoms with van der Waals surface area (Å²) in [4.78, 5) is 0. The van der Waals surface area contributed by atoms with Gasteiger partial charge in [-0.2, -0.15) is 0 Å². The molecule has 0 aliphatic heterocycles. The summed E-state index contributed by atoms with van der Waals surface area (Å²) >= 11 is 0. The van der Waals surface area contributed by atoms with E-state index in [1.807, 2.05) is 27.7 Å². The summed E-state index contributed by atoms with van der Waals surface area (Å²) < 4.78 is 44.6. The number of hydrogen-bond donors (Lipinski definition) is 0. The third-order valence-corrected chi connectivity index (χ3v) is 5.99. The van der Waals surface area contributed by atoms with Gasteiger partial charge in [0, 0.05) is 12.3 Å². The Kier molecular flexibility index (Phi) is 12.7. The van der Waals surface area contributed by atoms with Crippen LogP contribution < -0.4 is 0 Å². The van der Waals surface area contributed by atoms with Crippen molar-refractivity contribution in [1.82, 2.24) is 0 Å². The number of ether oxygens (including phenoxy) is 3. The fraction of sp³-hybridized carbons (Fsp3) is 0.833. The van der Waals surface area contributed by atoms with E-state index in [1.54, 1.807) is 0 Å². The minimum Gasteiger partial charge on any atom is -0.498 e. The lowest BCUT2D eigenvalue weighted by Gasteiger charge is -2.29. The van der Waals surface area contributed by atoms with E-state index in [2.05, 4.69) is 6.92 Å². The predicted octanol–water partition coefficient (Wildman–Crippen LogP) is 7.48. The molecule has 29 heavy (non-hydrogen) atoms. The number of halogens is 2. The fourth-order valence-corrected chi connectivity index (χ4v) is 4.18. The first-order valence-corrected chi connectivity index (χ1v) is 11.5. The molecule has 0 spiro atoms. The second kappa shape index (κ2) is 14.1. The van der Waals surface area contributed by atoms with Crippen molar-refractivity contribution >= 4 is 0 Å². The zero-order valence-electron chi connectivity index (χ0n) is 19.4. The summed E-state index contributed by atoms with van der Waals surface area (Å²) in [6.07, 6.45) is 8.23. The molecule has 0 aromatic heterocycles. The fourth-order valence-electron chi connectivity index (χ4n) is 4.18. The van der Waals surface area contributed by atoms with Gasteiger partial charge in [-0.15, -0.1) is 0 Å². The number of methoxy groups -OCH3 is 1. The van der Waals surface area contributed by atoms with Crippen LogP contribution in [0.1, 0.15) is 86.0 Å². The maximum atomic E-state index is 14.2. The lowest BCUT2D eigenvalue weighted by molar-refractivity contribution is -0.145. The first-order valence-electron chi connectivity index (χ1n) is 11.5. The van der Waals surface area contributed by atoms with Crippen LogP contribution in [-0.2, 0) is 14.2 Å². The van der Waals surface area contributed by atoms with E-state index in [4.69, 9.17) is 14.2 Å². The highest BCUT2D eigenvalue weighted by Gasteiger charge is 2.27. The van der Waals surface area contributed by atoms with E-state index in [9.17, 15) is 8.78 Å². The van der Waals surface area contributed by atoms with Crippen molar-refractivity contribution in [2.24, 2.45) is 17.8 Å². The summed E-state index contributed by atoms with van der Waals surface area (Å²) in [6.45, 7) is 11.0. The van der Waals surface area contributed by atoms with Gasteiger partial charge >= 0.3 is 0 Å². The molecule has 170 valence electrons. The highest BCUT2D eigenvalue weighted by atomic mass is 19.2. The Bertz CT molecular complexity index is 522. The van der Waals surface area contributed by atoms with Gasteiger partial charge in [0.2, 0.25) is 0 Å². The molecule has 2 aliphatic carbocycles. The van der Waals surface area contributed by atoms with Crippen LogP contribution in [0.4, 0.5) is 8.78 Å². The molecule has 0 amide bonds. The van der Waals surface area contributed by atoms with Crippen molar-refractivity contribution in [2.45, 2.75) is 92.3 Å². The molecule has 0 N–H and O–H groups in total. The molecule has 3 nitrogen and oxygen atoms in total. The van der Waals surface area contributed by atoms with E-state index in [0.29, 0.717) is 30.9 Å². The van der Waals surface area contributed by atoms with Gasteiger partial charge in [-0.3, -0.25) is 0 Å². The second-order valence-corrected chi connectivity index (χ2v) is 8.09. The molecule has 5 heteroatoms. The molecule has 0 aromatic carbocycles. The van der Waals surface area contributed by atoms with Crippen LogP contribution in [0.25, 0.3) is 0 Å². The summed E-state index contributed by atoms with van der Waals surface area (Å²) in [5.41, 5.74) is 0.467. The van der Waals surface area contributed by atoms with E-state index in [-0.39, 0.29) is 18.0 Å². The zero-order chi connectivity index (χ0) is 21.8. The summed E-state index contributed by atoms with van der Waals surface area (Å²) in [7, 11) is 1.37. The average molecular weight is 417 g/mol. The second-order valence-electron chi connectivity index (χ2n) is 8.09. The Morgan fingerprint density at radius 3 is 2.14 bits per heavy atom.